The molecule has 0 bridgehead atoms. The Bertz CT molecular complexity index is 955. The Labute approximate surface area is 155 Å². The summed E-state index contributed by atoms with van der Waals surface area (Å²) in [4.78, 5) is 25.3. The summed E-state index contributed by atoms with van der Waals surface area (Å²) in [6.45, 7) is 1.81. The summed E-state index contributed by atoms with van der Waals surface area (Å²) in [5.74, 6) is -2.34. The van der Waals surface area contributed by atoms with E-state index in [9.17, 15) is 24.2 Å². The molecule has 2 aromatic carbocycles. The van der Waals surface area contributed by atoms with E-state index < -0.39 is 29.4 Å². The molecule has 3 rings (SSSR count). The molecule has 0 saturated heterocycles. The second-order valence-electron chi connectivity index (χ2n) is 6.47. The van der Waals surface area contributed by atoms with Crippen LogP contribution in [0.25, 0.3) is 11.1 Å². The van der Waals surface area contributed by atoms with Gasteiger partial charge in [-0.05, 0) is 36.2 Å². The number of hydrogen-bond donors (Lipinski definition) is 3. The van der Waals surface area contributed by atoms with Crippen molar-refractivity contribution in [3.63, 3.8) is 0 Å². The van der Waals surface area contributed by atoms with E-state index in [0.29, 0.717) is 11.1 Å². The number of phenols is 1. The van der Waals surface area contributed by atoms with Gasteiger partial charge in [0.15, 0.2) is 5.76 Å². The molecule has 1 atom stereocenters. The van der Waals surface area contributed by atoms with Gasteiger partial charge in [0, 0.05) is 18.7 Å². The molecule has 0 unspecified atom stereocenters. The largest absolute Gasteiger partial charge is 0.507 e. The van der Waals surface area contributed by atoms with E-state index >= 15 is 0 Å². The number of aliphatic hydroxyl groups excluding tert-OH is 1. The highest BCUT2D eigenvalue weighted by atomic mass is 19.1. The lowest BCUT2D eigenvalue weighted by molar-refractivity contribution is -0.126. The number of carbonyl (C=O) groups is 2. The van der Waals surface area contributed by atoms with E-state index in [-0.39, 0.29) is 17.9 Å². The number of benzene rings is 2. The van der Waals surface area contributed by atoms with Crippen LogP contribution in [-0.2, 0) is 9.59 Å². The van der Waals surface area contributed by atoms with Crippen LogP contribution in [0, 0.1) is 5.82 Å². The van der Waals surface area contributed by atoms with Crippen molar-refractivity contribution in [3.8, 4) is 16.9 Å². The second-order valence-corrected chi connectivity index (χ2v) is 6.47. The van der Waals surface area contributed by atoms with Crippen LogP contribution in [-0.4, -0.2) is 40.5 Å². The number of nitrogens with one attached hydrogen (secondary N) is 1. The molecule has 1 heterocycles. The summed E-state index contributed by atoms with van der Waals surface area (Å²) in [5.41, 5.74) is 1.92. The van der Waals surface area contributed by atoms with Crippen molar-refractivity contribution >= 4 is 11.8 Å². The van der Waals surface area contributed by atoms with Gasteiger partial charge in [-0.3, -0.25) is 9.59 Å². The summed E-state index contributed by atoms with van der Waals surface area (Å²) < 4.78 is 13.2. The van der Waals surface area contributed by atoms with Crippen LogP contribution >= 0.6 is 0 Å². The zero-order valence-corrected chi connectivity index (χ0v) is 14.9. The number of phenolic OH excluding ortho intramolecular Hbond substituents is 1. The first-order chi connectivity index (χ1) is 12.8. The summed E-state index contributed by atoms with van der Waals surface area (Å²) in [6.07, 6.45) is 0. The summed E-state index contributed by atoms with van der Waals surface area (Å²) in [7, 11) is 1.50. The highest BCUT2D eigenvalue weighted by molar-refractivity contribution is 6.06. The van der Waals surface area contributed by atoms with Crippen molar-refractivity contribution in [2.45, 2.75) is 13.0 Å². The minimum atomic E-state index is -0.582. The van der Waals surface area contributed by atoms with Crippen molar-refractivity contribution in [2.75, 3.05) is 13.6 Å². The second kappa shape index (κ2) is 7.11. The van der Waals surface area contributed by atoms with Gasteiger partial charge in [0.05, 0.1) is 18.2 Å². The number of likely N-dealkylation sites (N-methyl/N-ethyl adjacent to an activating group) is 1. The lowest BCUT2D eigenvalue weighted by Gasteiger charge is -2.16. The Hall–Kier alpha value is -3.35. The van der Waals surface area contributed by atoms with Gasteiger partial charge in [-0.15, -0.1) is 0 Å². The van der Waals surface area contributed by atoms with E-state index in [1.54, 1.807) is 31.2 Å². The van der Waals surface area contributed by atoms with Gasteiger partial charge in [0.25, 0.3) is 11.8 Å². The first-order valence-corrected chi connectivity index (χ1v) is 8.35. The topological polar surface area (TPSA) is 89.9 Å². The summed E-state index contributed by atoms with van der Waals surface area (Å²) >= 11 is 0. The Balaban J connectivity index is 1.81. The molecule has 2 aromatic rings. The Morgan fingerprint density at radius 2 is 1.96 bits per heavy atom. The van der Waals surface area contributed by atoms with Crippen molar-refractivity contribution in [3.05, 3.63) is 65.2 Å². The quantitative estimate of drug-likeness (QED) is 0.772. The maximum Gasteiger partial charge on any atom is 0.289 e. The van der Waals surface area contributed by atoms with Gasteiger partial charge in [0.1, 0.15) is 11.6 Å². The lowest BCUT2D eigenvalue weighted by Crippen LogP contribution is -2.30. The third kappa shape index (κ3) is 3.62. The van der Waals surface area contributed by atoms with Crippen LogP contribution < -0.4 is 5.32 Å². The number of carbonyl (C=O) groups excluding carboxylic acids is 2. The summed E-state index contributed by atoms with van der Waals surface area (Å²) in [6, 6.07) is 10.5. The zero-order valence-electron chi connectivity index (χ0n) is 14.9. The molecule has 2 amide bonds. The number of amides is 2. The van der Waals surface area contributed by atoms with Crippen LogP contribution in [0.5, 0.6) is 5.75 Å². The van der Waals surface area contributed by atoms with E-state index in [2.05, 4.69) is 5.32 Å². The third-order valence-electron chi connectivity index (χ3n) is 4.51. The van der Waals surface area contributed by atoms with E-state index in [1.165, 1.54) is 24.1 Å². The third-order valence-corrected chi connectivity index (χ3v) is 4.51. The molecule has 0 saturated carbocycles. The molecule has 0 fully saturated rings. The van der Waals surface area contributed by atoms with Gasteiger partial charge in [-0.2, -0.15) is 0 Å². The van der Waals surface area contributed by atoms with Gasteiger partial charge >= 0.3 is 0 Å². The predicted molar refractivity (Wildman–Crippen MR) is 97.4 cm³/mol. The van der Waals surface area contributed by atoms with Crippen LogP contribution in [0.3, 0.4) is 0 Å². The van der Waals surface area contributed by atoms with Crippen LogP contribution in [0.1, 0.15) is 18.5 Å². The fourth-order valence-corrected chi connectivity index (χ4v) is 2.96. The van der Waals surface area contributed by atoms with Crippen molar-refractivity contribution in [1.82, 2.24) is 10.2 Å². The maximum atomic E-state index is 13.2. The number of aliphatic hydroxyl groups is 1. The van der Waals surface area contributed by atoms with Crippen molar-refractivity contribution < 1.29 is 24.2 Å². The molecule has 1 aliphatic rings. The average molecular weight is 370 g/mol. The van der Waals surface area contributed by atoms with Crippen LogP contribution in [0.15, 0.2) is 53.8 Å². The highest BCUT2D eigenvalue weighted by Gasteiger charge is 2.32. The highest BCUT2D eigenvalue weighted by Crippen LogP contribution is 2.31. The molecular formula is C20H19FN2O4. The van der Waals surface area contributed by atoms with Crippen LogP contribution in [0.2, 0.25) is 0 Å². The van der Waals surface area contributed by atoms with E-state index in [0.717, 1.165) is 11.6 Å². The molecular weight excluding hydrogens is 351 g/mol. The fourth-order valence-electron chi connectivity index (χ4n) is 2.96. The van der Waals surface area contributed by atoms with Crippen LogP contribution in [0.4, 0.5) is 4.39 Å². The van der Waals surface area contributed by atoms with Gasteiger partial charge in [0.2, 0.25) is 0 Å². The molecule has 0 aromatic heterocycles. The maximum absolute atomic E-state index is 13.2. The van der Waals surface area contributed by atoms with Gasteiger partial charge in [-0.25, -0.2) is 4.39 Å². The van der Waals surface area contributed by atoms with Gasteiger partial charge in [-0.1, -0.05) is 18.2 Å². The smallest absolute Gasteiger partial charge is 0.289 e. The predicted octanol–water partition coefficient (Wildman–Crippen LogP) is 2.66. The van der Waals surface area contributed by atoms with E-state index in [4.69, 9.17) is 0 Å². The Morgan fingerprint density at radius 1 is 1.22 bits per heavy atom. The number of nitrogens with zero attached hydrogens (tertiary/aromatic N) is 1. The molecule has 0 radical (unpaired) electrons. The standard InChI is InChI=1S/C20H19FN2O4/c1-11(22-19(26)16-10-23(2)20(27)18(16)25)12-4-3-5-13(8-12)15-7-6-14(21)9-17(15)24/h3-9,11,24-25H,10H2,1-2H3,(H,22,26)/t11-/m1/s1. The van der Waals surface area contributed by atoms with Crippen molar-refractivity contribution in [1.29, 1.82) is 0 Å². The zero-order chi connectivity index (χ0) is 19.7. The van der Waals surface area contributed by atoms with Crippen molar-refractivity contribution in [2.24, 2.45) is 0 Å². The molecule has 6 nitrogen and oxygen atoms in total. The number of hydrogen-bond acceptors (Lipinski definition) is 4. The number of rotatable bonds is 4. The number of halogens is 1. The minimum absolute atomic E-state index is 0.0293. The first kappa shape index (κ1) is 18.4. The summed E-state index contributed by atoms with van der Waals surface area (Å²) in [5, 5.41) is 22.5. The molecule has 0 aliphatic carbocycles. The monoisotopic (exact) mass is 370 g/mol. The SMILES string of the molecule is C[C@@H](NC(=O)C1=C(O)C(=O)N(C)C1)c1cccc(-c2ccc(F)cc2O)c1. The number of aromatic hydroxyl groups is 1. The first-order valence-electron chi connectivity index (χ1n) is 8.35. The molecule has 140 valence electrons. The Morgan fingerprint density at radius 3 is 2.59 bits per heavy atom. The minimum Gasteiger partial charge on any atom is -0.507 e. The van der Waals surface area contributed by atoms with E-state index in [1.807, 2.05) is 0 Å². The molecule has 27 heavy (non-hydrogen) atoms. The fraction of sp³-hybridized carbons (Fsp3) is 0.200. The molecule has 3 N–H and O–H groups in total. The normalized spacial score (nSPS) is 15.2. The molecule has 7 heteroatoms. The average Bonchev–Trinajstić information content (AvgIpc) is 2.89. The Kier molecular flexibility index (Phi) is 4.85. The molecule has 1 aliphatic heterocycles. The van der Waals surface area contributed by atoms with Gasteiger partial charge < -0.3 is 20.4 Å². The molecule has 0 spiro atoms. The lowest BCUT2D eigenvalue weighted by atomic mass is 9.99.